The van der Waals surface area contributed by atoms with Gasteiger partial charge < -0.3 is 15.2 Å². The quantitative estimate of drug-likeness (QED) is 0.833. The maximum Gasteiger partial charge on any atom is 0.123 e. The molecule has 114 valence electrons. The number of benzene rings is 1. The monoisotopic (exact) mass is 279 g/mol. The number of ether oxygens (including phenoxy) is 2. The van der Waals surface area contributed by atoms with Gasteiger partial charge in [0.1, 0.15) is 18.5 Å². The minimum Gasteiger partial charge on any atom is -0.491 e. The molecular weight excluding hydrogens is 250 g/mol. The Morgan fingerprint density at radius 2 is 1.90 bits per heavy atom. The first kappa shape index (κ1) is 17.0. The zero-order chi connectivity index (χ0) is 15.2. The van der Waals surface area contributed by atoms with Gasteiger partial charge in [0.2, 0.25) is 0 Å². The van der Waals surface area contributed by atoms with Crippen LogP contribution in [0.5, 0.6) is 5.75 Å². The number of rotatable bonds is 7. The number of nitrogens with two attached hydrogens (primary N) is 1. The molecule has 3 nitrogen and oxygen atoms in total. The fourth-order valence-corrected chi connectivity index (χ4v) is 2.11. The molecule has 0 aliphatic carbocycles. The Balaban J connectivity index is 2.88. The van der Waals surface area contributed by atoms with Crippen LogP contribution in [0.25, 0.3) is 0 Å². The van der Waals surface area contributed by atoms with E-state index in [1.807, 2.05) is 6.92 Å². The number of hydrogen-bond donors (Lipinski definition) is 1. The molecule has 0 aliphatic heterocycles. The van der Waals surface area contributed by atoms with Crippen LogP contribution in [0.3, 0.4) is 0 Å². The van der Waals surface area contributed by atoms with E-state index in [1.165, 1.54) is 11.1 Å². The molecule has 1 atom stereocenters. The molecule has 0 saturated heterocycles. The van der Waals surface area contributed by atoms with Gasteiger partial charge in [0.15, 0.2) is 0 Å². The molecule has 0 spiro atoms. The van der Waals surface area contributed by atoms with Crippen molar-refractivity contribution in [1.29, 1.82) is 0 Å². The van der Waals surface area contributed by atoms with Crippen LogP contribution >= 0.6 is 0 Å². The van der Waals surface area contributed by atoms with Gasteiger partial charge in [-0.2, -0.15) is 0 Å². The maximum absolute atomic E-state index is 5.96. The normalized spacial score (nSPS) is 13.3. The van der Waals surface area contributed by atoms with E-state index in [0.29, 0.717) is 19.8 Å². The Kier molecular flexibility index (Phi) is 6.50. The second-order valence-electron chi connectivity index (χ2n) is 6.06. The summed E-state index contributed by atoms with van der Waals surface area (Å²) >= 11 is 0. The van der Waals surface area contributed by atoms with Crippen molar-refractivity contribution in [2.75, 3.05) is 19.8 Å². The zero-order valence-electron chi connectivity index (χ0n) is 13.5. The summed E-state index contributed by atoms with van der Waals surface area (Å²) in [5.41, 5.74) is 8.32. The smallest absolute Gasteiger partial charge is 0.123 e. The molecule has 2 N–H and O–H groups in total. The largest absolute Gasteiger partial charge is 0.491 e. The first-order chi connectivity index (χ1) is 9.42. The Morgan fingerprint density at radius 3 is 2.40 bits per heavy atom. The third kappa shape index (κ3) is 4.80. The van der Waals surface area contributed by atoms with E-state index in [-0.39, 0.29) is 11.5 Å². The molecule has 20 heavy (non-hydrogen) atoms. The van der Waals surface area contributed by atoms with Crippen molar-refractivity contribution in [2.45, 2.75) is 52.6 Å². The van der Waals surface area contributed by atoms with Crippen LogP contribution in [-0.4, -0.2) is 25.9 Å². The van der Waals surface area contributed by atoms with Crippen LogP contribution in [0.2, 0.25) is 0 Å². The van der Waals surface area contributed by atoms with Crippen LogP contribution in [0, 0.1) is 0 Å². The molecular formula is C17H29NO2. The van der Waals surface area contributed by atoms with Gasteiger partial charge in [0.25, 0.3) is 0 Å². The molecule has 0 bridgehead atoms. The lowest BCUT2D eigenvalue weighted by Gasteiger charge is -2.25. The molecule has 0 fully saturated rings. The molecule has 1 unspecified atom stereocenters. The van der Waals surface area contributed by atoms with Crippen molar-refractivity contribution in [3.63, 3.8) is 0 Å². The van der Waals surface area contributed by atoms with Crippen molar-refractivity contribution in [1.82, 2.24) is 0 Å². The molecule has 1 rings (SSSR count). The lowest BCUT2D eigenvalue weighted by atomic mass is 9.85. The predicted octanol–water partition coefficient (Wildman–Crippen LogP) is 3.29. The highest BCUT2D eigenvalue weighted by Gasteiger charge is 2.20. The van der Waals surface area contributed by atoms with E-state index in [0.717, 1.165) is 12.2 Å². The molecule has 1 aromatic rings. The van der Waals surface area contributed by atoms with E-state index < -0.39 is 0 Å². The van der Waals surface area contributed by atoms with Crippen LogP contribution in [0.4, 0.5) is 0 Å². The summed E-state index contributed by atoms with van der Waals surface area (Å²) in [5.74, 6) is 0.938. The van der Waals surface area contributed by atoms with Crippen molar-refractivity contribution in [3.8, 4) is 5.75 Å². The summed E-state index contributed by atoms with van der Waals surface area (Å²) in [4.78, 5) is 0. The summed E-state index contributed by atoms with van der Waals surface area (Å²) in [6, 6.07) is 6.44. The molecule has 0 saturated carbocycles. The Morgan fingerprint density at radius 1 is 1.20 bits per heavy atom. The second kappa shape index (κ2) is 7.65. The minimum atomic E-state index is -0.0429. The summed E-state index contributed by atoms with van der Waals surface area (Å²) in [6.07, 6.45) is 0.993. The average Bonchev–Trinajstić information content (AvgIpc) is 2.42. The highest BCUT2D eigenvalue weighted by Crippen LogP contribution is 2.32. The van der Waals surface area contributed by atoms with Crippen LogP contribution in [0.15, 0.2) is 18.2 Å². The third-order valence-electron chi connectivity index (χ3n) is 3.35. The molecule has 0 radical (unpaired) electrons. The van der Waals surface area contributed by atoms with Crippen LogP contribution in [0.1, 0.15) is 45.7 Å². The molecule has 0 aliphatic rings. The van der Waals surface area contributed by atoms with E-state index in [2.05, 4.69) is 45.9 Å². The van der Waals surface area contributed by atoms with Crippen LogP contribution < -0.4 is 10.5 Å². The predicted molar refractivity (Wildman–Crippen MR) is 84.5 cm³/mol. The van der Waals surface area contributed by atoms with Crippen molar-refractivity contribution >= 4 is 0 Å². The first-order valence-corrected chi connectivity index (χ1v) is 7.50. The third-order valence-corrected chi connectivity index (χ3v) is 3.35. The Hall–Kier alpha value is -1.06. The van der Waals surface area contributed by atoms with Crippen molar-refractivity contribution < 1.29 is 9.47 Å². The summed E-state index contributed by atoms with van der Waals surface area (Å²) in [5, 5.41) is 0. The minimum absolute atomic E-state index is 0.0429. The lowest BCUT2D eigenvalue weighted by Crippen LogP contribution is -2.30. The van der Waals surface area contributed by atoms with Crippen molar-refractivity contribution in [2.24, 2.45) is 5.73 Å². The molecule has 0 amide bonds. The fraction of sp³-hybridized carbons (Fsp3) is 0.647. The number of hydrogen-bond acceptors (Lipinski definition) is 3. The number of aryl methyl sites for hydroxylation is 1. The molecule has 1 aromatic carbocycles. The van der Waals surface area contributed by atoms with Gasteiger partial charge in [-0.1, -0.05) is 39.8 Å². The van der Waals surface area contributed by atoms with Gasteiger partial charge in [-0.25, -0.2) is 0 Å². The van der Waals surface area contributed by atoms with E-state index in [4.69, 9.17) is 15.2 Å². The maximum atomic E-state index is 5.96. The summed E-state index contributed by atoms with van der Waals surface area (Å²) < 4.78 is 11.5. The highest BCUT2D eigenvalue weighted by atomic mass is 16.5. The van der Waals surface area contributed by atoms with Gasteiger partial charge >= 0.3 is 0 Å². The zero-order valence-corrected chi connectivity index (χ0v) is 13.5. The average molecular weight is 279 g/mol. The first-order valence-electron chi connectivity index (χ1n) is 7.50. The standard InChI is InChI=1S/C17H29NO2/c1-6-13-8-9-16(15(10-13)17(3,4)5)20-12-14(11-18)19-7-2/h8-10,14H,6-7,11-12,18H2,1-5H3. The summed E-state index contributed by atoms with van der Waals surface area (Å²) in [6.45, 7) is 12.4. The fourth-order valence-electron chi connectivity index (χ4n) is 2.11. The summed E-state index contributed by atoms with van der Waals surface area (Å²) in [7, 11) is 0. The molecule has 3 heteroatoms. The topological polar surface area (TPSA) is 44.5 Å². The Labute approximate surface area is 123 Å². The van der Waals surface area contributed by atoms with Gasteiger partial charge in [-0.3, -0.25) is 0 Å². The SMILES string of the molecule is CCOC(CN)COc1ccc(CC)cc1C(C)(C)C. The van der Waals surface area contributed by atoms with Gasteiger partial charge in [-0.05, 0) is 36.0 Å². The van der Waals surface area contributed by atoms with E-state index in [1.54, 1.807) is 0 Å². The highest BCUT2D eigenvalue weighted by molar-refractivity contribution is 5.41. The molecule has 0 heterocycles. The van der Waals surface area contributed by atoms with Crippen LogP contribution in [-0.2, 0) is 16.6 Å². The lowest BCUT2D eigenvalue weighted by molar-refractivity contribution is 0.0332. The van der Waals surface area contributed by atoms with Gasteiger partial charge in [-0.15, -0.1) is 0 Å². The second-order valence-corrected chi connectivity index (χ2v) is 6.06. The van der Waals surface area contributed by atoms with Gasteiger partial charge in [0, 0.05) is 13.2 Å². The molecule has 0 aromatic heterocycles. The van der Waals surface area contributed by atoms with Gasteiger partial charge in [0.05, 0.1) is 0 Å². The Bertz CT molecular complexity index is 410. The van der Waals surface area contributed by atoms with E-state index >= 15 is 0 Å². The van der Waals surface area contributed by atoms with E-state index in [9.17, 15) is 0 Å². The van der Waals surface area contributed by atoms with Crippen molar-refractivity contribution in [3.05, 3.63) is 29.3 Å².